The molecule has 1 atom stereocenters. The van der Waals surface area contributed by atoms with E-state index in [1.165, 1.54) is 31.4 Å². The quantitative estimate of drug-likeness (QED) is 0.248. The van der Waals surface area contributed by atoms with Crippen LogP contribution >= 0.6 is 0 Å². The molecule has 0 heterocycles. The summed E-state index contributed by atoms with van der Waals surface area (Å²) in [6.45, 7) is 0. The van der Waals surface area contributed by atoms with Crippen LogP contribution in [-0.4, -0.2) is 26.0 Å². The van der Waals surface area contributed by atoms with Gasteiger partial charge in [0.1, 0.15) is 5.75 Å². The lowest BCUT2D eigenvalue weighted by Gasteiger charge is -2.17. The summed E-state index contributed by atoms with van der Waals surface area (Å²) >= 11 is 0. The zero-order chi connectivity index (χ0) is 20.3. The number of Topliss-reactive ketones (excluding diaryl/α,β-unsaturated/α-hetero) is 1. The van der Waals surface area contributed by atoms with Crippen LogP contribution in [0, 0.1) is 29.1 Å². The van der Waals surface area contributed by atoms with Gasteiger partial charge in [-0.15, -0.1) is 0 Å². The van der Waals surface area contributed by atoms with E-state index in [1.807, 2.05) is 0 Å². The van der Waals surface area contributed by atoms with Crippen molar-refractivity contribution in [1.82, 2.24) is 0 Å². The van der Waals surface area contributed by atoms with Gasteiger partial charge in [-0.1, -0.05) is 0 Å². The summed E-state index contributed by atoms with van der Waals surface area (Å²) in [6, 6.07) is 5.51. The molecule has 0 amide bonds. The summed E-state index contributed by atoms with van der Waals surface area (Å²) in [6.07, 6.45) is -0.864. The Bertz CT molecular complexity index is 851. The highest BCUT2D eigenvalue weighted by molar-refractivity contribution is 5.99. The van der Waals surface area contributed by atoms with Crippen molar-refractivity contribution < 1.29 is 41.0 Å². The Morgan fingerprint density at radius 3 is 1.78 bits per heavy atom. The van der Waals surface area contributed by atoms with Crippen molar-refractivity contribution in [2.75, 3.05) is 14.2 Å². The van der Waals surface area contributed by atoms with Crippen LogP contribution in [0.3, 0.4) is 0 Å². The molecule has 0 aromatic heterocycles. The molecule has 9 heteroatoms. The van der Waals surface area contributed by atoms with Gasteiger partial charge >= 0.3 is 5.97 Å². The molecule has 0 radical (unpaired) electrons. The Morgan fingerprint density at radius 1 is 0.852 bits per heavy atom. The van der Waals surface area contributed by atoms with Gasteiger partial charge in [0.05, 0.1) is 20.1 Å². The maximum absolute atomic E-state index is 14.0. The smallest absolute Gasteiger partial charge is 0.313 e. The van der Waals surface area contributed by atoms with Gasteiger partial charge in [-0.2, -0.15) is 0 Å². The lowest BCUT2D eigenvalue weighted by molar-refractivity contribution is -0.142. The van der Waals surface area contributed by atoms with Gasteiger partial charge < -0.3 is 9.47 Å². The third-order valence-electron chi connectivity index (χ3n) is 3.88. The molecule has 0 spiro atoms. The van der Waals surface area contributed by atoms with Gasteiger partial charge in [-0.25, -0.2) is 22.0 Å². The van der Waals surface area contributed by atoms with Crippen molar-refractivity contribution in [3.05, 3.63) is 64.5 Å². The SMILES string of the molecule is COC(=O)C(CC(=O)c1ccc(OC)cc1)c1c(F)c(F)c(F)c(F)c1F. The number of esters is 1. The highest BCUT2D eigenvalue weighted by Gasteiger charge is 2.36. The fourth-order valence-electron chi connectivity index (χ4n) is 2.45. The van der Waals surface area contributed by atoms with E-state index in [1.54, 1.807) is 0 Å². The Morgan fingerprint density at radius 2 is 1.33 bits per heavy atom. The van der Waals surface area contributed by atoms with Crippen LogP contribution in [-0.2, 0) is 9.53 Å². The summed E-state index contributed by atoms with van der Waals surface area (Å²) in [5.74, 6) is -14.8. The zero-order valence-electron chi connectivity index (χ0n) is 14.1. The topological polar surface area (TPSA) is 52.6 Å². The van der Waals surface area contributed by atoms with Gasteiger partial charge in [-0.05, 0) is 24.3 Å². The molecule has 27 heavy (non-hydrogen) atoms. The fourth-order valence-corrected chi connectivity index (χ4v) is 2.45. The Kier molecular flexibility index (Phi) is 6.14. The number of methoxy groups -OCH3 is 2. The lowest BCUT2D eigenvalue weighted by Crippen LogP contribution is -2.22. The second kappa shape index (κ2) is 8.15. The molecule has 0 aliphatic heterocycles. The first-order valence-corrected chi connectivity index (χ1v) is 7.49. The van der Waals surface area contributed by atoms with Crippen molar-refractivity contribution in [3.63, 3.8) is 0 Å². The third-order valence-corrected chi connectivity index (χ3v) is 3.88. The molecule has 2 aromatic carbocycles. The number of benzene rings is 2. The number of hydrogen-bond donors (Lipinski definition) is 0. The molecule has 4 nitrogen and oxygen atoms in total. The first kappa shape index (κ1) is 20.3. The van der Waals surface area contributed by atoms with Crippen LogP contribution in [0.25, 0.3) is 0 Å². The van der Waals surface area contributed by atoms with E-state index in [0.29, 0.717) is 5.75 Å². The number of halogens is 5. The van der Waals surface area contributed by atoms with Crippen LogP contribution in [0.1, 0.15) is 28.3 Å². The Labute approximate surface area is 150 Å². The van der Waals surface area contributed by atoms with E-state index in [9.17, 15) is 31.5 Å². The average Bonchev–Trinajstić information content (AvgIpc) is 2.69. The minimum atomic E-state index is -2.36. The Hall–Kier alpha value is -2.97. The zero-order valence-corrected chi connectivity index (χ0v) is 14.1. The molecular weight excluding hydrogens is 375 g/mol. The molecule has 0 aliphatic rings. The number of hydrogen-bond acceptors (Lipinski definition) is 4. The molecule has 0 bridgehead atoms. The first-order chi connectivity index (χ1) is 12.7. The molecule has 1 unspecified atom stereocenters. The second-order valence-electron chi connectivity index (χ2n) is 5.42. The number of ether oxygens (including phenoxy) is 2. The number of ketones is 1. The molecule has 0 saturated carbocycles. The highest BCUT2D eigenvalue weighted by Crippen LogP contribution is 2.32. The predicted molar refractivity (Wildman–Crippen MR) is 82.9 cm³/mol. The highest BCUT2D eigenvalue weighted by atomic mass is 19.2. The molecular formula is C18H13F5O4. The van der Waals surface area contributed by atoms with Gasteiger partial charge in [0.15, 0.2) is 29.1 Å². The fraction of sp³-hybridized carbons (Fsp3) is 0.222. The first-order valence-electron chi connectivity index (χ1n) is 7.49. The molecule has 0 fully saturated rings. The van der Waals surface area contributed by atoms with Crippen molar-refractivity contribution in [2.24, 2.45) is 0 Å². The van der Waals surface area contributed by atoms with E-state index < -0.39 is 58.7 Å². The van der Waals surface area contributed by atoms with Gasteiger partial charge in [0, 0.05) is 17.5 Å². The molecule has 144 valence electrons. The molecule has 0 saturated heterocycles. The van der Waals surface area contributed by atoms with Crippen LogP contribution in [0.15, 0.2) is 24.3 Å². The van der Waals surface area contributed by atoms with E-state index in [-0.39, 0.29) is 5.56 Å². The van der Waals surface area contributed by atoms with Crippen LogP contribution in [0.5, 0.6) is 5.75 Å². The van der Waals surface area contributed by atoms with Crippen molar-refractivity contribution in [1.29, 1.82) is 0 Å². The largest absolute Gasteiger partial charge is 0.497 e. The van der Waals surface area contributed by atoms with E-state index in [0.717, 1.165) is 7.11 Å². The summed E-state index contributed by atoms with van der Waals surface area (Å²) in [4.78, 5) is 24.3. The third kappa shape index (κ3) is 3.91. The number of rotatable bonds is 6. The van der Waals surface area contributed by atoms with Crippen molar-refractivity contribution in [2.45, 2.75) is 12.3 Å². The summed E-state index contributed by atoms with van der Waals surface area (Å²) in [7, 11) is 2.26. The monoisotopic (exact) mass is 388 g/mol. The molecule has 0 N–H and O–H groups in total. The predicted octanol–water partition coefficient (Wildman–Crippen LogP) is 3.92. The molecule has 2 rings (SSSR count). The Balaban J connectivity index is 2.48. The number of carbonyl (C=O) groups excluding carboxylic acids is 2. The normalized spacial score (nSPS) is 11.8. The van der Waals surface area contributed by atoms with Gasteiger partial charge in [-0.3, -0.25) is 9.59 Å². The van der Waals surface area contributed by atoms with E-state index in [4.69, 9.17) is 4.74 Å². The lowest BCUT2D eigenvalue weighted by atomic mass is 9.90. The molecule has 2 aromatic rings. The maximum Gasteiger partial charge on any atom is 0.313 e. The van der Waals surface area contributed by atoms with E-state index >= 15 is 0 Å². The van der Waals surface area contributed by atoms with Crippen LogP contribution in [0.2, 0.25) is 0 Å². The minimum absolute atomic E-state index is 0.0496. The second-order valence-corrected chi connectivity index (χ2v) is 5.42. The van der Waals surface area contributed by atoms with Crippen LogP contribution in [0.4, 0.5) is 22.0 Å². The van der Waals surface area contributed by atoms with Gasteiger partial charge in [0.25, 0.3) is 0 Å². The van der Waals surface area contributed by atoms with E-state index in [2.05, 4.69) is 4.74 Å². The standard InChI is InChI=1S/C18H13F5O4/c1-26-9-5-3-8(4-6-9)11(24)7-10(18(25)27-2)12-13(19)15(21)17(23)16(22)14(12)20/h3-6,10H,7H2,1-2H3. The van der Waals surface area contributed by atoms with Crippen molar-refractivity contribution >= 4 is 11.8 Å². The summed E-state index contributed by atoms with van der Waals surface area (Å²) in [5, 5.41) is 0. The van der Waals surface area contributed by atoms with Crippen LogP contribution < -0.4 is 4.74 Å². The van der Waals surface area contributed by atoms with Gasteiger partial charge in [0.2, 0.25) is 5.82 Å². The number of carbonyl (C=O) groups is 2. The minimum Gasteiger partial charge on any atom is -0.497 e. The average molecular weight is 388 g/mol. The summed E-state index contributed by atoms with van der Waals surface area (Å²) in [5.41, 5.74) is -1.37. The maximum atomic E-state index is 14.0. The summed E-state index contributed by atoms with van der Waals surface area (Å²) < 4.78 is 77.5. The molecule has 0 aliphatic carbocycles. The van der Waals surface area contributed by atoms with Crippen molar-refractivity contribution in [3.8, 4) is 5.75 Å².